The highest BCUT2D eigenvalue weighted by molar-refractivity contribution is 7.99. The number of furan rings is 1. The van der Waals surface area contributed by atoms with E-state index in [1.54, 1.807) is 19.2 Å². The van der Waals surface area contributed by atoms with E-state index < -0.39 is 0 Å². The molecule has 0 fully saturated rings. The number of rotatable bonds is 7. The van der Waals surface area contributed by atoms with Crippen molar-refractivity contribution in [2.75, 3.05) is 18.2 Å². The van der Waals surface area contributed by atoms with E-state index in [4.69, 9.17) is 13.6 Å². The number of thioether (sulfide) groups is 1. The van der Waals surface area contributed by atoms with E-state index >= 15 is 0 Å². The van der Waals surface area contributed by atoms with E-state index in [1.165, 1.54) is 6.26 Å². The second kappa shape index (κ2) is 9.03. The summed E-state index contributed by atoms with van der Waals surface area (Å²) in [5.74, 6) is 1.54. The number of aromatic nitrogens is 3. The molecule has 10 heteroatoms. The molecule has 0 atom stereocenters. The van der Waals surface area contributed by atoms with Crippen LogP contribution < -0.4 is 10.1 Å². The van der Waals surface area contributed by atoms with Crippen LogP contribution in [0.25, 0.3) is 17.3 Å². The van der Waals surface area contributed by atoms with Crippen LogP contribution in [0.5, 0.6) is 5.75 Å². The summed E-state index contributed by atoms with van der Waals surface area (Å²) in [5.41, 5.74) is 2.87. The van der Waals surface area contributed by atoms with Gasteiger partial charge in [0.05, 0.1) is 24.7 Å². The molecule has 0 saturated carbocycles. The third kappa shape index (κ3) is 4.10. The summed E-state index contributed by atoms with van der Waals surface area (Å²) in [7, 11) is 1.60. The monoisotopic (exact) mass is 449 g/mol. The molecule has 0 aliphatic carbocycles. The van der Waals surface area contributed by atoms with Gasteiger partial charge in [0.2, 0.25) is 5.91 Å². The van der Waals surface area contributed by atoms with Gasteiger partial charge in [0.25, 0.3) is 11.1 Å². The van der Waals surface area contributed by atoms with Gasteiger partial charge in [0.1, 0.15) is 17.6 Å². The number of nitriles is 1. The lowest BCUT2D eigenvalue weighted by Crippen LogP contribution is -2.17. The van der Waals surface area contributed by atoms with Crippen molar-refractivity contribution >= 4 is 23.5 Å². The third-order valence-electron chi connectivity index (χ3n) is 4.88. The molecule has 162 valence electrons. The molecule has 0 aliphatic heterocycles. The highest BCUT2D eigenvalue weighted by atomic mass is 32.2. The fraction of sp³-hybridized carbons (Fsp3) is 0.182. The van der Waals surface area contributed by atoms with Gasteiger partial charge in [-0.05, 0) is 55.8 Å². The summed E-state index contributed by atoms with van der Waals surface area (Å²) in [5, 5.41) is 20.6. The standard InChI is InChI=1S/C22H19N5O4S/c1-13-14(2)27(15-6-8-16(29-3)9-7-15)20(17(13)11-23)24-19(28)12-32-22-26-25-21(31-22)18-5-4-10-30-18/h4-10H,12H2,1-3H3,(H,24,28). The Bertz CT molecular complexity index is 1280. The van der Waals surface area contributed by atoms with Crippen LogP contribution in [0.15, 0.2) is 56.7 Å². The van der Waals surface area contributed by atoms with Crippen LogP contribution in [0, 0.1) is 25.2 Å². The first-order chi connectivity index (χ1) is 15.5. The van der Waals surface area contributed by atoms with Gasteiger partial charge < -0.3 is 18.9 Å². The van der Waals surface area contributed by atoms with Crippen LogP contribution >= 0.6 is 11.8 Å². The van der Waals surface area contributed by atoms with E-state index in [0.717, 1.165) is 28.7 Å². The van der Waals surface area contributed by atoms with Gasteiger partial charge in [-0.2, -0.15) is 5.26 Å². The predicted octanol–water partition coefficient (Wildman–Crippen LogP) is 4.35. The summed E-state index contributed by atoms with van der Waals surface area (Å²) in [4.78, 5) is 12.7. The van der Waals surface area contributed by atoms with Crippen molar-refractivity contribution in [2.45, 2.75) is 19.1 Å². The van der Waals surface area contributed by atoms with Crippen molar-refractivity contribution in [2.24, 2.45) is 0 Å². The zero-order valence-electron chi connectivity index (χ0n) is 17.6. The van der Waals surface area contributed by atoms with Gasteiger partial charge >= 0.3 is 0 Å². The van der Waals surface area contributed by atoms with Crippen LogP contribution in [0.1, 0.15) is 16.8 Å². The Morgan fingerprint density at radius 2 is 2.03 bits per heavy atom. The first-order valence-corrected chi connectivity index (χ1v) is 10.6. The molecule has 0 spiro atoms. The topological polar surface area (TPSA) is 119 Å². The maximum atomic E-state index is 12.7. The number of hydrogen-bond acceptors (Lipinski definition) is 8. The zero-order valence-corrected chi connectivity index (χ0v) is 18.4. The summed E-state index contributed by atoms with van der Waals surface area (Å²) < 4.78 is 17.8. The highest BCUT2D eigenvalue weighted by Gasteiger charge is 2.21. The van der Waals surface area contributed by atoms with Crippen molar-refractivity contribution in [1.29, 1.82) is 5.26 Å². The third-order valence-corrected chi connectivity index (χ3v) is 5.70. The molecule has 4 rings (SSSR count). The Morgan fingerprint density at radius 3 is 2.69 bits per heavy atom. The first-order valence-electron chi connectivity index (χ1n) is 9.58. The second-order valence-electron chi connectivity index (χ2n) is 6.77. The molecule has 3 aromatic heterocycles. The lowest BCUT2D eigenvalue weighted by Gasteiger charge is -2.13. The Kier molecular flexibility index (Phi) is 6.00. The summed E-state index contributed by atoms with van der Waals surface area (Å²) in [6, 6.07) is 13.0. The second-order valence-corrected chi connectivity index (χ2v) is 7.69. The van der Waals surface area contributed by atoms with Crippen LogP contribution in [-0.4, -0.2) is 33.5 Å². The fourth-order valence-corrected chi connectivity index (χ4v) is 3.74. The number of ether oxygens (including phenoxy) is 1. The van der Waals surface area contributed by atoms with E-state index in [-0.39, 0.29) is 22.8 Å². The Morgan fingerprint density at radius 1 is 1.25 bits per heavy atom. The minimum absolute atomic E-state index is 0.0243. The van der Waals surface area contributed by atoms with Crippen LogP contribution in [0.4, 0.5) is 5.82 Å². The smallest absolute Gasteiger partial charge is 0.284 e. The molecular formula is C22H19N5O4S. The van der Waals surface area contributed by atoms with Crippen molar-refractivity contribution < 1.29 is 18.4 Å². The molecule has 32 heavy (non-hydrogen) atoms. The SMILES string of the molecule is COc1ccc(-n2c(C)c(C)c(C#N)c2NC(=O)CSc2nnc(-c3ccco3)o2)cc1. The number of carbonyl (C=O) groups excluding carboxylic acids is 1. The molecule has 9 nitrogen and oxygen atoms in total. The molecule has 0 unspecified atom stereocenters. The molecule has 1 amide bonds. The first kappa shape index (κ1) is 21.3. The molecule has 0 saturated heterocycles. The largest absolute Gasteiger partial charge is 0.497 e. The minimum atomic E-state index is -0.309. The van der Waals surface area contributed by atoms with Crippen LogP contribution in [0.2, 0.25) is 0 Å². The molecule has 1 aromatic carbocycles. The van der Waals surface area contributed by atoms with Gasteiger partial charge in [-0.1, -0.05) is 11.8 Å². The predicted molar refractivity (Wildman–Crippen MR) is 118 cm³/mol. The van der Waals surface area contributed by atoms with Gasteiger partial charge in [0, 0.05) is 11.4 Å². The Balaban J connectivity index is 1.53. The fourth-order valence-electron chi connectivity index (χ4n) is 3.18. The maximum Gasteiger partial charge on any atom is 0.284 e. The van der Waals surface area contributed by atoms with Gasteiger partial charge in [0.15, 0.2) is 5.76 Å². The zero-order chi connectivity index (χ0) is 22.7. The summed E-state index contributed by atoms with van der Waals surface area (Å²) in [6.45, 7) is 3.76. The van der Waals surface area contributed by atoms with Crippen molar-refractivity contribution in [3.63, 3.8) is 0 Å². The van der Waals surface area contributed by atoms with E-state index in [2.05, 4.69) is 21.6 Å². The average molecular weight is 449 g/mol. The Hall–Kier alpha value is -3.97. The van der Waals surface area contributed by atoms with Crippen molar-refractivity contribution in [3.05, 3.63) is 59.5 Å². The average Bonchev–Trinajstić information content (AvgIpc) is 3.54. The van der Waals surface area contributed by atoms with Crippen molar-refractivity contribution in [3.8, 4) is 29.2 Å². The van der Waals surface area contributed by atoms with E-state index in [1.807, 2.05) is 42.7 Å². The summed E-state index contributed by atoms with van der Waals surface area (Å²) >= 11 is 1.09. The number of nitrogens with one attached hydrogen (secondary N) is 1. The number of amides is 1. The lowest BCUT2D eigenvalue weighted by atomic mass is 10.2. The van der Waals surface area contributed by atoms with Crippen LogP contribution in [0.3, 0.4) is 0 Å². The van der Waals surface area contributed by atoms with Gasteiger partial charge in [-0.3, -0.25) is 9.36 Å². The molecule has 1 N–H and O–H groups in total. The number of nitrogens with zero attached hydrogens (tertiary/aromatic N) is 4. The number of anilines is 1. The molecule has 0 aliphatic rings. The number of methoxy groups -OCH3 is 1. The molecule has 0 bridgehead atoms. The van der Waals surface area contributed by atoms with Gasteiger partial charge in [-0.15, -0.1) is 10.2 Å². The number of carbonyl (C=O) groups is 1. The van der Waals surface area contributed by atoms with Crippen LogP contribution in [-0.2, 0) is 4.79 Å². The molecule has 4 aromatic rings. The summed E-state index contributed by atoms with van der Waals surface area (Å²) in [6.07, 6.45) is 1.51. The van der Waals surface area contributed by atoms with Crippen molar-refractivity contribution in [1.82, 2.24) is 14.8 Å². The quantitative estimate of drug-likeness (QED) is 0.414. The van der Waals surface area contributed by atoms with E-state index in [9.17, 15) is 10.1 Å². The molecule has 0 radical (unpaired) electrons. The number of hydrogen-bond donors (Lipinski definition) is 1. The normalized spacial score (nSPS) is 10.7. The minimum Gasteiger partial charge on any atom is -0.497 e. The maximum absolute atomic E-state index is 12.7. The lowest BCUT2D eigenvalue weighted by molar-refractivity contribution is -0.113. The Labute approximate surface area is 188 Å². The molecule has 3 heterocycles. The highest BCUT2D eigenvalue weighted by Crippen LogP contribution is 2.31. The molecular weight excluding hydrogens is 430 g/mol. The van der Waals surface area contributed by atoms with E-state index in [0.29, 0.717) is 22.9 Å². The van der Waals surface area contributed by atoms with Gasteiger partial charge in [-0.25, -0.2) is 0 Å². The number of benzene rings is 1.